The van der Waals surface area contributed by atoms with Gasteiger partial charge in [0.15, 0.2) is 0 Å². The first-order valence-electron chi connectivity index (χ1n) is 4.94. The van der Waals surface area contributed by atoms with Gasteiger partial charge in [-0.25, -0.2) is 0 Å². The SMILES string of the molecule is S=c1cc(C=CC=Cc2ccc(Cl)cc2)ss1. The Morgan fingerprint density at radius 1 is 1.00 bits per heavy atom. The van der Waals surface area contributed by atoms with Crippen LogP contribution in [0.5, 0.6) is 0 Å². The summed E-state index contributed by atoms with van der Waals surface area (Å²) in [6, 6.07) is 9.75. The molecule has 0 aliphatic carbocycles. The molecule has 0 aliphatic heterocycles. The van der Waals surface area contributed by atoms with Crippen LogP contribution in [0.2, 0.25) is 5.02 Å². The number of benzene rings is 1. The van der Waals surface area contributed by atoms with Crippen molar-refractivity contribution >= 4 is 56.7 Å². The van der Waals surface area contributed by atoms with Gasteiger partial charge >= 0.3 is 0 Å². The maximum atomic E-state index is 5.81. The van der Waals surface area contributed by atoms with Crippen molar-refractivity contribution in [2.75, 3.05) is 0 Å². The van der Waals surface area contributed by atoms with Gasteiger partial charge in [0.25, 0.3) is 0 Å². The third-order valence-electron chi connectivity index (χ3n) is 2.01. The lowest BCUT2D eigenvalue weighted by atomic mass is 10.2. The second-order valence-corrected chi connectivity index (χ2v) is 6.68. The van der Waals surface area contributed by atoms with E-state index in [4.69, 9.17) is 23.8 Å². The normalized spacial score (nSPS) is 11.6. The van der Waals surface area contributed by atoms with E-state index in [1.807, 2.05) is 48.6 Å². The van der Waals surface area contributed by atoms with E-state index >= 15 is 0 Å². The summed E-state index contributed by atoms with van der Waals surface area (Å²) in [4.78, 5) is 1.20. The van der Waals surface area contributed by atoms with Crippen molar-refractivity contribution in [2.24, 2.45) is 0 Å². The zero-order chi connectivity index (χ0) is 12.1. The Morgan fingerprint density at radius 2 is 1.71 bits per heavy atom. The Bertz CT molecular complexity index is 588. The molecule has 0 fully saturated rings. The van der Waals surface area contributed by atoms with Crippen molar-refractivity contribution in [2.45, 2.75) is 0 Å². The van der Waals surface area contributed by atoms with Crippen LogP contribution in [0.25, 0.3) is 12.2 Å². The van der Waals surface area contributed by atoms with E-state index in [0.717, 1.165) is 14.4 Å². The van der Waals surface area contributed by atoms with Gasteiger partial charge in [0.1, 0.15) is 3.82 Å². The molecule has 1 aromatic carbocycles. The van der Waals surface area contributed by atoms with Gasteiger partial charge in [-0.15, -0.1) is 0 Å². The van der Waals surface area contributed by atoms with Gasteiger partial charge in [-0.2, -0.15) is 0 Å². The lowest BCUT2D eigenvalue weighted by Crippen LogP contribution is -1.69. The third-order valence-corrected chi connectivity index (χ3v) is 5.12. The molecule has 0 unspecified atom stereocenters. The number of rotatable bonds is 3. The first-order chi connectivity index (χ1) is 8.24. The second kappa shape index (κ2) is 6.26. The van der Waals surface area contributed by atoms with Crippen LogP contribution >= 0.6 is 44.5 Å². The highest BCUT2D eigenvalue weighted by molar-refractivity contribution is 7.79. The van der Waals surface area contributed by atoms with Crippen LogP contribution in [0.3, 0.4) is 0 Å². The summed E-state index contributed by atoms with van der Waals surface area (Å²) >= 11 is 10.9. The van der Waals surface area contributed by atoms with E-state index in [-0.39, 0.29) is 0 Å². The fourth-order valence-electron chi connectivity index (χ4n) is 1.22. The largest absolute Gasteiger partial charge is 0.102 e. The summed E-state index contributed by atoms with van der Waals surface area (Å²) in [5.41, 5.74) is 1.14. The van der Waals surface area contributed by atoms with Crippen LogP contribution in [0, 0.1) is 3.82 Å². The van der Waals surface area contributed by atoms with Crippen molar-refractivity contribution in [1.82, 2.24) is 0 Å². The molecule has 0 N–H and O–H groups in total. The topological polar surface area (TPSA) is 0 Å². The molecule has 0 amide bonds. The van der Waals surface area contributed by atoms with E-state index in [1.54, 1.807) is 20.7 Å². The van der Waals surface area contributed by atoms with Crippen LogP contribution in [0.15, 0.2) is 42.5 Å². The van der Waals surface area contributed by atoms with Crippen molar-refractivity contribution in [1.29, 1.82) is 0 Å². The minimum Gasteiger partial charge on any atom is -0.0843 e. The summed E-state index contributed by atoms with van der Waals surface area (Å²) in [5.74, 6) is 0. The molecule has 86 valence electrons. The Hall–Kier alpha value is -0.740. The van der Waals surface area contributed by atoms with E-state index < -0.39 is 0 Å². The number of allylic oxidation sites excluding steroid dienone is 2. The summed E-state index contributed by atoms with van der Waals surface area (Å²) in [7, 11) is 3.32. The predicted molar refractivity (Wildman–Crippen MR) is 82.6 cm³/mol. The Morgan fingerprint density at radius 3 is 2.35 bits per heavy atom. The molecule has 0 saturated carbocycles. The minimum absolute atomic E-state index is 0.760. The Balaban J connectivity index is 2.00. The molecule has 2 rings (SSSR count). The van der Waals surface area contributed by atoms with Crippen LogP contribution in [0.4, 0.5) is 0 Å². The van der Waals surface area contributed by atoms with Gasteiger partial charge in [0, 0.05) is 9.90 Å². The van der Waals surface area contributed by atoms with Crippen LogP contribution in [0.1, 0.15) is 10.4 Å². The van der Waals surface area contributed by atoms with Crippen molar-refractivity contribution < 1.29 is 0 Å². The summed E-state index contributed by atoms with van der Waals surface area (Å²) < 4.78 is 0.941. The molecule has 2 aromatic rings. The van der Waals surface area contributed by atoms with Gasteiger partial charge < -0.3 is 0 Å². The molecule has 0 aliphatic rings. The van der Waals surface area contributed by atoms with Gasteiger partial charge in [-0.1, -0.05) is 74.9 Å². The molecule has 4 heteroatoms. The summed E-state index contributed by atoms with van der Waals surface area (Å²) in [5, 5.41) is 0.760. The zero-order valence-corrected chi connectivity index (χ0v) is 12.0. The van der Waals surface area contributed by atoms with Crippen molar-refractivity contribution in [3.05, 3.63) is 61.8 Å². The van der Waals surface area contributed by atoms with Crippen LogP contribution in [-0.2, 0) is 0 Å². The smallest absolute Gasteiger partial charge is 0.0843 e. The second-order valence-electron chi connectivity index (χ2n) is 3.30. The summed E-state index contributed by atoms with van der Waals surface area (Å²) in [6.07, 6.45) is 8.13. The van der Waals surface area contributed by atoms with Gasteiger partial charge in [0.2, 0.25) is 0 Å². The first-order valence-corrected chi connectivity index (χ1v) is 7.88. The molecule has 1 heterocycles. The third kappa shape index (κ3) is 4.21. The van der Waals surface area contributed by atoms with Crippen molar-refractivity contribution in [3.63, 3.8) is 0 Å². The molecule has 0 bridgehead atoms. The number of halogens is 1. The molecule has 17 heavy (non-hydrogen) atoms. The minimum atomic E-state index is 0.760. The van der Waals surface area contributed by atoms with Gasteiger partial charge in [-0.05, 0) is 29.8 Å². The van der Waals surface area contributed by atoms with Gasteiger partial charge in [0.05, 0.1) is 0 Å². The van der Waals surface area contributed by atoms with Crippen LogP contribution < -0.4 is 0 Å². The highest BCUT2D eigenvalue weighted by Gasteiger charge is 1.88. The van der Waals surface area contributed by atoms with Crippen LogP contribution in [-0.4, -0.2) is 0 Å². The molecule has 0 atom stereocenters. The zero-order valence-electron chi connectivity index (χ0n) is 8.80. The molecule has 0 spiro atoms. The quantitative estimate of drug-likeness (QED) is 0.385. The lowest BCUT2D eigenvalue weighted by molar-refractivity contribution is 1.66. The van der Waals surface area contributed by atoms with E-state index in [9.17, 15) is 0 Å². The molecular formula is C13H9ClS3. The maximum Gasteiger partial charge on any atom is 0.102 e. The van der Waals surface area contributed by atoms with Crippen molar-refractivity contribution in [3.8, 4) is 0 Å². The molecular weight excluding hydrogens is 288 g/mol. The van der Waals surface area contributed by atoms with E-state index in [0.29, 0.717) is 0 Å². The lowest BCUT2D eigenvalue weighted by Gasteiger charge is -1.91. The standard InChI is InChI=1S/C13H9ClS3/c14-11-7-5-10(6-8-11)3-1-2-4-12-9-13(15)17-16-12/h1-9H. The first kappa shape index (κ1) is 12.7. The van der Waals surface area contributed by atoms with E-state index in [2.05, 4.69) is 6.08 Å². The Kier molecular flexibility index (Phi) is 4.68. The predicted octanol–water partition coefficient (Wildman–Crippen LogP) is 5.92. The number of hydrogen-bond acceptors (Lipinski definition) is 3. The fraction of sp³-hybridized carbons (Fsp3) is 0. The molecule has 0 saturated heterocycles. The average Bonchev–Trinajstić information content (AvgIpc) is 2.73. The Labute approximate surface area is 118 Å². The fourth-order valence-corrected chi connectivity index (χ4v) is 3.57. The van der Waals surface area contributed by atoms with E-state index in [1.165, 1.54) is 4.88 Å². The van der Waals surface area contributed by atoms with Gasteiger partial charge in [-0.3, -0.25) is 0 Å². The highest BCUT2D eigenvalue weighted by atomic mass is 35.5. The molecule has 0 nitrogen and oxygen atoms in total. The molecule has 0 radical (unpaired) electrons. The average molecular weight is 297 g/mol. The highest BCUT2D eigenvalue weighted by Crippen LogP contribution is 2.19. The molecule has 1 aromatic heterocycles. The summed E-state index contributed by atoms with van der Waals surface area (Å²) in [6.45, 7) is 0. The number of hydrogen-bond donors (Lipinski definition) is 0. The maximum absolute atomic E-state index is 5.81. The monoisotopic (exact) mass is 296 g/mol.